The molecule has 35 heavy (non-hydrogen) atoms. The van der Waals surface area contributed by atoms with E-state index in [-0.39, 0.29) is 16.0 Å². The Labute approximate surface area is 209 Å². The zero-order chi connectivity index (χ0) is 24.4. The predicted molar refractivity (Wildman–Crippen MR) is 142 cm³/mol. The molecule has 5 rings (SSSR count). The van der Waals surface area contributed by atoms with Crippen molar-refractivity contribution in [3.8, 4) is 5.75 Å². The fraction of sp³-hybridized carbons (Fsp3) is 0.148. The molecule has 2 aliphatic rings. The van der Waals surface area contributed by atoms with Gasteiger partial charge >= 0.3 is 0 Å². The molecule has 2 aromatic carbocycles. The number of benzene rings is 2. The first-order valence-electron chi connectivity index (χ1n) is 11.2. The number of allylic oxidation sites excluding steroid dienone is 4. The monoisotopic (exact) mass is 503 g/mol. The third-order valence-electron chi connectivity index (χ3n) is 6.05. The Morgan fingerprint density at radius 2 is 1.86 bits per heavy atom. The second-order valence-electron chi connectivity index (χ2n) is 8.51. The van der Waals surface area contributed by atoms with Gasteiger partial charge in [0.2, 0.25) is 0 Å². The van der Waals surface area contributed by atoms with E-state index in [1.165, 1.54) is 16.9 Å². The molecule has 8 heteroatoms. The summed E-state index contributed by atoms with van der Waals surface area (Å²) in [6.07, 6.45) is 6.90. The van der Waals surface area contributed by atoms with Gasteiger partial charge in [-0.15, -0.1) is 11.3 Å². The minimum absolute atomic E-state index is 0.0230. The maximum absolute atomic E-state index is 12.4. The van der Waals surface area contributed by atoms with Gasteiger partial charge in [-0.1, -0.05) is 42.5 Å². The van der Waals surface area contributed by atoms with Crippen molar-refractivity contribution < 1.29 is 13.5 Å². The van der Waals surface area contributed by atoms with E-state index in [4.69, 9.17) is 4.99 Å². The number of hydrogen-bond donors (Lipinski definition) is 3. The van der Waals surface area contributed by atoms with Crippen molar-refractivity contribution in [2.45, 2.75) is 30.1 Å². The molecule has 2 bridgehead atoms. The van der Waals surface area contributed by atoms with Crippen LogP contribution in [0.3, 0.4) is 0 Å². The van der Waals surface area contributed by atoms with Gasteiger partial charge in [-0.2, -0.15) is 0 Å². The summed E-state index contributed by atoms with van der Waals surface area (Å²) in [6, 6.07) is 17.9. The van der Waals surface area contributed by atoms with Crippen molar-refractivity contribution in [2.24, 2.45) is 4.99 Å². The van der Waals surface area contributed by atoms with Gasteiger partial charge < -0.3 is 10.4 Å². The number of nitrogens with one attached hydrogen (secondary N) is 2. The van der Waals surface area contributed by atoms with Gasteiger partial charge in [0.15, 0.2) is 0 Å². The Morgan fingerprint density at radius 3 is 2.60 bits per heavy atom. The first kappa shape index (κ1) is 23.1. The van der Waals surface area contributed by atoms with Gasteiger partial charge in [-0.3, -0.25) is 9.71 Å². The van der Waals surface area contributed by atoms with Crippen molar-refractivity contribution in [1.29, 1.82) is 0 Å². The van der Waals surface area contributed by atoms with Gasteiger partial charge in [0.1, 0.15) is 9.96 Å². The zero-order valence-electron chi connectivity index (χ0n) is 19.1. The number of aliphatic imine (C=N–C) groups is 1. The van der Waals surface area contributed by atoms with Crippen molar-refractivity contribution in [2.75, 3.05) is 4.72 Å². The molecule has 0 saturated carbocycles. The lowest BCUT2D eigenvalue weighted by molar-refractivity contribution is 0.473. The van der Waals surface area contributed by atoms with E-state index in [9.17, 15) is 13.5 Å². The van der Waals surface area contributed by atoms with Gasteiger partial charge in [0.05, 0.1) is 6.04 Å². The lowest BCUT2D eigenvalue weighted by Crippen LogP contribution is -2.24. The number of rotatable bonds is 7. The van der Waals surface area contributed by atoms with Gasteiger partial charge in [0.25, 0.3) is 10.0 Å². The number of para-hydroxylation sites is 1. The SMILES string of the molecule is CC1=C2C=C(c3ccccc3O)C=C(NCc3ccc(NS(=O)(=O)c4cccs4)cc3)C(C2)N=C1. The van der Waals surface area contributed by atoms with Crippen LogP contribution in [0.15, 0.2) is 104 Å². The van der Waals surface area contributed by atoms with Crippen molar-refractivity contribution in [3.63, 3.8) is 0 Å². The van der Waals surface area contributed by atoms with E-state index in [0.717, 1.165) is 34.4 Å². The highest BCUT2D eigenvalue weighted by molar-refractivity contribution is 7.94. The number of hydrogen-bond acceptors (Lipinski definition) is 6. The second kappa shape index (κ2) is 9.56. The van der Waals surface area contributed by atoms with Crippen LogP contribution in [0, 0.1) is 0 Å². The van der Waals surface area contributed by atoms with Crippen LogP contribution in [0.1, 0.15) is 24.5 Å². The molecule has 3 aromatic rings. The maximum atomic E-state index is 12.4. The summed E-state index contributed by atoms with van der Waals surface area (Å²) in [5.74, 6) is 0.241. The minimum Gasteiger partial charge on any atom is -0.507 e. The molecule has 0 saturated heterocycles. The van der Waals surface area contributed by atoms with Crippen molar-refractivity contribution in [1.82, 2.24) is 5.32 Å². The molecule has 1 unspecified atom stereocenters. The number of phenolic OH excluding ortho intramolecular Hbond substituents is 1. The Kier molecular flexibility index (Phi) is 6.32. The molecule has 0 amide bonds. The first-order valence-corrected chi connectivity index (χ1v) is 13.6. The van der Waals surface area contributed by atoms with E-state index in [0.29, 0.717) is 12.2 Å². The van der Waals surface area contributed by atoms with Crippen LogP contribution >= 0.6 is 11.3 Å². The largest absolute Gasteiger partial charge is 0.507 e. The number of dihydropyridines is 1. The average Bonchev–Trinajstić information content (AvgIpc) is 3.35. The maximum Gasteiger partial charge on any atom is 0.271 e. The van der Waals surface area contributed by atoms with Gasteiger partial charge in [-0.25, -0.2) is 8.42 Å². The number of aromatic hydroxyl groups is 1. The van der Waals surface area contributed by atoms with Crippen LogP contribution in [0.5, 0.6) is 5.75 Å². The predicted octanol–water partition coefficient (Wildman–Crippen LogP) is 5.48. The van der Waals surface area contributed by atoms with Gasteiger partial charge in [-0.05, 0) is 64.9 Å². The summed E-state index contributed by atoms with van der Waals surface area (Å²) in [7, 11) is -3.57. The Bertz CT molecular complexity index is 1470. The van der Waals surface area contributed by atoms with E-state index >= 15 is 0 Å². The number of sulfonamides is 1. The number of nitrogens with zero attached hydrogens (tertiary/aromatic N) is 1. The number of phenols is 1. The smallest absolute Gasteiger partial charge is 0.271 e. The summed E-state index contributed by atoms with van der Waals surface area (Å²) in [5.41, 5.74) is 6.55. The van der Waals surface area contributed by atoms with E-state index < -0.39 is 10.0 Å². The Balaban J connectivity index is 1.34. The van der Waals surface area contributed by atoms with E-state index in [1.807, 2.05) is 36.5 Å². The highest BCUT2D eigenvalue weighted by atomic mass is 32.2. The third-order valence-corrected chi connectivity index (χ3v) is 8.82. The molecule has 0 fully saturated rings. The molecule has 0 spiro atoms. The van der Waals surface area contributed by atoms with Crippen LogP contribution in [0.4, 0.5) is 5.69 Å². The van der Waals surface area contributed by atoms with Crippen LogP contribution in [0.25, 0.3) is 5.57 Å². The van der Waals surface area contributed by atoms with Gasteiger partial charge in [0, 0.05) is 36.1 Å². The van der Waals surface area contributed by atoms with Crippen LogP contribution in [0.2, 0.25) is 0 Å². The van der Waals surface area contributed by atoms with E-state index in [1.54, 1.807) is 35.7 Å². The molecule has 1 aliphatic heterocycles. The average molecular weight is 504 g/mol. The Hall–Kier alpha value is -3.62. The molecule has 1 aliphatic carbocycles. The summed E-state index contributed by atoms with van der Waals surface area (Å²) in [5, 5.41) is 15.7. The summed E-state index contributed by atoms with van der Waals surface area (Å²) in [6.45, 7) is 2.61. The van der Waals surface area contributed by atoms with Crippen molar-refractivity contribution >= 4 is 38.8 Å². The quantitative estimate of drug-likeness (QED) is 0.398. The topological polar surface area (TPSA) is 90.8 Å². The molecular weight excluding hydrogens is 478 g/mol. The summed E-state index contributed by atoms with van der Waals surface area (Å²) < 4.78 is 27.8. The molecule has 178 valence electrons. The fourth-order valence-corrected chi connectivity index (χ4v) is 6.17. The molecule has 1 atom stereocenters. The van der Waals surface area contributed by atoms with Crippen LogP contribution < -0.4 is 10.0 Å². The summed E-state index contributed by atoms with van der Waals surface area (Å²) in [4.78, 5) is 4.73. The molecular formula is C27H25N3O3S2. The zero-order valence-corrected chi connectivity index (χ0v) is 20.7. The lowest BCUT2D eigenvalue weighted by Gasteiger charge is -2.21. The molecule has 6 nitrogen and oxygen atoms in total. The highest BCUT2D eigenvalue weighted by Crippen LogP contribution is 2.34. The van der Waals surface area contributed by atoms with Crippen LogP contribution in [-0.2, 0) is 16.6 Å². The number of anilines is 1. The highest BCUT2D eigenvalue weighted by Gasteiger charge is 2.23. The standard InChI is InChI=1S/C27H25N3O3S2/c1-18-16-28-24-14-20(18)13-21(23-5-2-3-6-26(23)31)15-25(24)29-17-19-8-10-22(11-9-19)30-35(32,33)27-7-4-12-34-27/h2-13,15-16,24,29-31H,14,17H2,1H3. The molecule has 2 heterocycles. The minimum atomic E-state index is -3.57. The molecule has 3 N–H and O–H groups in total. The third kappa shape index (κ3) is 5.08. The van der Waals surface area contributed by atoms with Crippen molar-refractivity contribution in [3.05, 3.63) is 106 Å². The fourth-order valence-electron chi connectivity index (χ4n) is 4.12. The molecule has 0 radical (unpaired) electrons. The van der Waals surface area contributed by atoms with E-state index in [2.05, 4.69) is 29.1 Å². The normalized spacial score (nSPS) is 17.5. The number of fused-ring (bicyclic) bond motifs is 2. The Morgan fingerprint density at radius 1 is 1.06 bits per heavy atom. The number of thiophene rings is 1. The first-order chi connectivity index (χ1) is 16.9. The second-order valence-corrected chi connectivity index (χ2v) is 11.4. The lowest BCUT2D eigenvalue weighted by atomic mass is 9.97. The molecule has 1 aromatic heterocycles. The van der Waals surface area contributed by atoms with Crippen LogP contribution in [-0.4, -0.2) is 25.8 Å². The summed E-state index contributed by atoms with van der Waals surface area (Å²) >= 11 is 1.18.